The average molecular weight is 233 g/mol. The van der Waals surface area contributed by atoms with Crippen LogP contribution in [0.15, 0.2) is 27.6 Å². The molecule has 0 bridgehead atoms. The van der Waals surface area contributed by atoms with Gasteiger partial charge in [-0.3, -0.25) is 0 Å². The fraction of sp³-hybridized carbons (Fsp3) is 0. The number of halogens is 1. The molecule has 1 rings (SSSR count). The number of benzene rings is 1. The third kappa shape index (κ3) is 1.97. The molecule has 0 spiro atoms. The standard InChI is InChI=1S/C7H5BrO2S/c8-6-2-1-4(11)3-5(6)7(9)10/h1-3,11H,(H,9,10). The quantitative estimate of drug-likeness (QED) is 0.731. The predicted molar refractivity (Wildman–Crippen MR) is 48.4 cm³/mol. The van der Waals surface area contributed by atoms with Gasteiger partial charge in [-0.25, -0.2) is 4.79 Å². The monoisotopic (exact) mass is 232 g/mol. The van der Waals surface area contributed by atoms with Gasteiger partial charge in [0, 0.05) is 9.37 Å². The third-order valence-electron chi connectivity index (χ3n) is 1.18. The summed E-state index contributed by atoms with van der Waals surface area (Å²) in [7, 11) is 0. The van der Waals surface area contributed by atoms with Gasteiger partial charge >= 0.3 is 5.97 Å². The normalized spacial score (nSPS) is 9.64. The van der Waals surface area contributed by atoms with E-state index >= 15 is 0 Å². The SMILES string of the molecule is O=C(O)c1cc(S)ccc1Br. The molecule has 1 aromatic rings. The summed E-state index contributed by atoms with van der Waals surface area (Å²) in [6.45, 7) is 0. The van der Waals surface area contributed by atoms with Crippen molar-refractivity contribution in [1.82, 2.24) is 0 Å². The Morgan fingerprint density at radius 3 is 2.64 bits per heavy atom. The van der Waals surface area contributed by atoms with Crippen molar-refractivity contribution in [3.63, 3.8) is 0 Å². The topological polar surface area (TPSA) is 37.3 Å². The van der Waals surface area contributed by atoms with E-state index in [1.807, 2.05) is 0 Å². The fourth-order valence-corrected chi connectivity index (χ4v) is 1.30. The Bertz CT molecular complexity index is 298. The van der Waals surface area contributed by atoms with Crippen molar-refractivity contribution >= 4 is 34.5 Å². The van der Waals surface area contributed by atoms with E-state index in [1.165, 1.54) is 6.07 Å². The molecule has 0 radical (unpaired) electrons. The number of carbonyl (C=O) groups is 1. The van der Waals surface area contributed by atoms with Crippen molar-refractivity contribution in [3.05, 3.63) is 28.2 Å². The van der Waals surface area contributed by atoms with Gasteiger partial charge in [0.2, 0.25) is 0 Å². The Labute approximate surface area is 77.8 Å². The van der Waals surface area contributed by atoms with Gasteiger partial charge in [0.1, 0.15) is 0 Å². The molecule has 1 N–H and O–H groups in total. The van der Waals surface area contributed by atoms with Gasteiger partial charge in [0.15, 0.2) is 0 Å². The molecule has 4 heteroatoms. The van der Waals surface area contributed by atoms with Crippen LogP contribution in [-0.4, -0.2) is 11.1 Å². The highest BCUT2D eigenvalue weighted by atomic mass is 79.9. The summed E-state index contributed by atoms with van der Waals surface area (Å²) >= 11 is 7.13. The summed E-state index contributed by atoms with van der Waals surface area (Å²) in [4.78, 5) is 11.2. The van der Waals surface area contributed by atoms with Crippen LogP contribution < -0.4 is 0 Å². The first-order valence-corrected chi connectivity index (χ1v) is 4.07. The lowest BCUT2D eigenvalue weighted by Crippen LogP contribution is -1.96. The van der Waals surface area contributed by atoms with E-state index in [4.69, 9.17) is 5.11 Å². The predicted octanol–water partition coefficient (Wildman–Crippen LogP) is 2.44. The van der Waals surface area contributed by atoms with E-state index in [2.05, 4.69) is 28.6 Å². The third-order valence-corrected chi connectivity index (χ3v) is 2.15. The first-order chi connectivity index (χ1) is 5.11. The zero-order valence-electron chi connectivity index (χ0n) is 5.41. The molecule has 0 saturated heterocycles. The summed E-state index contributed by atoms with van der Waals surface area (Å²) < 4.78 is 0.572. The number of rotatable bonds is 1. The Morgan fingerprint density at radius 1 is 1.55 bits per heavy atom. The number of hydrogen-bond donors (Lipinski definition) is 2. The molecule has 58 valence electrons. The average Bonchev–Trinajstić information content (AvgIpc) is 1.94. The Balaban J connectivity index is 3.23. The highest BCUT2D eigenvalue weighted by Gasteiger charge is 2.06. The summed E-state index contributed by atoms with van der Waals surface area (Å²) in [5, 5.41) is 8.63. The molecule has 11 heavy (non-hydrogen) atoms. The maximum atomic E-state index is 10.5. The van der Waals surface area contributed by atoms with Crippen LogP contribution in [0.3, 0.4) is 0 Å². The minimum Gasteiger partial charge on any atom is -0.478 e. The highest BCUT2D eigenvalue weighted by molar-refractivity contribution is 9.10. The molecule has 0 amide bonds. The smallest absolute Gasteiger partial charge is 0.336 e. The molecular formula is C7H5BrO2S. The van der Waals surface area contributed by atoms with E-state index in [0.29, 0.717) is 9.37 Å². The molecule has 2 nitrogen and oxygen atoms in total. The Morgan fingerprint density at radius 2 is 2.18 bits per heavy atom. The molecule has 0 atom stereocenters. The molecule has 1 aromatic carbocycles. The molecule has 0 saturated carbocycles. The summed E-state index contributed by atoms with van der Waals surface area (Å²) in [6.07, 6.45) is 0. The molecule has 0 heterocycles. The van der Waals surface area contributed by atoms with Crippen LogP contribution in [0.2, 0.25) is 0 Å². The lowest BCUT2D eigenvalue weighted by Gasteiger charge is -1.98. The number of carboxylic acid groups (broad SMARTS) is 1. The molecular weight excluding hydrogens is 228 g/mol. The van der Waals surface area contributed by atoms with Crippen molar-refractivity contribution < 1.29 is 9.90 Å². The molecule has 0 aliphatic carbocycles. The van der Waals surface area contributed by atoms with Crippen molar-refractivity contribution in [2.24, 2.45) is 0 Å². The maximum absolute atomic E-state index is 10.5. The highest BCUT2D eigenvalue weighted by Crippen LogP contribution is 2.19. The van der Waals surface area contributed by atoms with E-state index in [1.54, 1.807) is 12.1 Å². The van der Waals surface area contributed by atoms with Crippen LogP contribution in [0.4, 0.5) is 0 Å². The second-order valence-corrected chi connectivity index (χ2v) is 3.34. The van der Waals surface area contributed by atoms with E-state index in [0.717, 1.165) is 0 Å². The van der Waals surface area contributed by atoms with Crippen molar-refractivity contribution in [2.45, 2.75) is 4.90 Å². The zero-order valence-corrected chi connectivity index (χ0v) is 7.89. The lowest BCUT2D eigenvalue weighted by molar-refractivity contribution is 0.0695. The van der Waals surface area contributed by atoms with Crippen molar-refractivity contribution in [2.75, 3.05) is 0 Å². The molecule has 0 aliphatic rings. The first kappa shape index (κ1) is 8.62. The minimum atomic E-state index is -0.951. The number of hydrogen-bond acceptors (Lipinski definition) is 2. The molecule has 0 unspecified atom stereocenters. The van der Waals surface area contributed by atoms with Crippen LogP contribution in [0.1, 0.15) is 10.4 Å². The first-order valence-electron chi connectivity index (χ1n) is 2.83. The Kier molecular flexibility index (Phi) is 2.57. The summed E-state index contributed by atoms with van der Waals surface area (Å²) in [5.41, 5.74) is 0.234. The number of carboxylic acids is 1. The van der Waals surface area contributed by atoms with Crippen molar-refractivity contribution in [3.8, 4) is 0 Å². The largest absolute Gasteiger partial charge is 0.478 e. The lowest BCUT2D eigenvalue weighted by atomic mass is 10.2. The van der Waals surface area contributed by atoms with Crippen LogP contribution in [-0.2, 0) is 0 Å². The van der Waals surface area contributed by atoms with Crippen LogP contribution in [0.5, 0.6) is 0 Å². The van der Waals surface area contributed by atoms with Crippen LogP contribution in [0.25, 0.3) is 0 Å². The van der Waals surface area contributed by atoms with E-state index in [-0.39, 0.29) is 5.56 Å². The maximum Gasteiger partial charge on any atom is 0.336 e. The second kappa shape index (κ2) is 3.28. The minimum absolute atomic E-state index is 0.234. The van der Waals surface area contributed by atoms with Crippen LogP contribution in [0, 0.1) is 0 Å². The van der Waals surface area contributed by atoms with E-state index < -0.39 is 5.97 Å². The molecule has 0 aromatic heterocycles. The van der Waals surface area contributed by atoms with Gasteiger partial charge in [0.05, 0.1) is 5.56 Å². The fourth-order valence-electron chi connectivity index (χ4n) is 0.677. The molecule has 0 fully saturated rings. The van der Waals surface area contributed by atoms with Gasteiger partial charge in [-0.2, -0.15) is 0 Å². The second-order valence-electron chi connectivity index (χ2n) is 1.97. The van der Waals surface area contributed by atoms with Gasteiger partial charge in [-0.15, -0.1) is 12.6 Å². The van der Waals surface area contributed by atoms with Gasteiger partial charge in [-0.1, -0.05) is 0 Å². The summed E-state index contributed by atoms with van der Waals surface area (Å²) in [5.74, 6) is -0.951. The summed E-state index contributed by atoms with van der Waals surface area (Å²) in [6, 6.07) is 4.88. The van der Waals surface area contributed by atoms with Gasteiger partial charge in [-0.05, 0) is 34.1 Å². The van der Waals surface area contributed by atoms with E-state index in [9.17, 15) is 4.79 Å². The van der Waals surface area contributed by atoms with Crippen LogP contribution >= 0.6 is 28.6 Å². The number of aromatic carboxylic acids is 1. The zero-order chi connectivity index (χ0) is 8.43. The van der Waals surface area contributed by atoms with Gasteiger partial charge in [0.25, 0.3) is 0 Å². The van der Waals surface area contributed by atoms with Crippen molar-refractivity contribution in [1.29, 1.82) is 0 Å². The Hall–Kier alpha value is -0.480. The molecule has 0 aliphatic heterocycles. The number of thiol groups is 1. The van der Waals surface area contributed by atoms with Gasteiger partial charge < -0.3 is 5.11 Å².